The molecule has 0 fully saturated rings. The van der Waals surface area contributed by atoms with Gasteiger partial charge in [-0.15, -0.1) is 0 Å². The number of hydrogen-bond acceptors (Lipinski definition) is 4. The molecule has 0 bridgehead atoms. The third-order valence-electron chi connectivity index (χ3n) is 1.77. The Bertz CT molecular complexity index is 496. The molecule has 1 heterocycles. The number of aromatic nitrogens is 1. The highest BCUT2D eigenvalue weighted by Gasteiger charge is 2.13. The van der Waals surface area contributed by atoms with Crippen molar-refractivity contribution >= 4 is 21.6 Å². The van der Waals surface area contributed by atoms with Crippen LogP contribution in [-0.4, -0.2) is 19.9 Å². The van der Waals surface area contributed by atoms with Crippen LogP contribution in [-0.2, 0) is 10.0 Å². The molecule has 1 rings (SSSR count). The first-order valence-corrected chi connectivity index (χ1v) is 6.40. The lowest BCUT2D eigenvalue weighted by Crippen LogP contribution is -2.24. The van der Waals surface area contributed by atoms with E-state index < -0.39 is 10.0 Å². The summed E-state index contributed by atoms with van der Waals surface area (Å²) in [5.41, 5.74) is 0. The zero-order chi connectivity index (χ0) is 12.0. The first-order chi connectivity index (χ1) is 7.56. The van der Waals surface area contributed by atoms with Crippen molar-refractivity contribution in [2.24, 2.45) is 0 Å². The van der Waals surface area contributed by atoms with Crippen molar-refractivity contribution in [3.8, 4) is 6.07 Å². The second-order valence-corrected chi connectivity index (χ2v) is 5.13. The van der Waals surface area contributed by atoms with Crippen LogP contribution in [0.25, 0.3) is 0 Å². The van der Waals surface area contributed by atoms with Gasteiger partial charge in [-0.05, 0) is 18.6 Å². The molecule has 0 unspecified atom stereocenters. The van der Waals surface area contributed by atoms with E-state index in [2.05, 4.69) is 9.71 Å². The number of nitrogens with one attached hydrogen (secondary N) is 1. The number of nitriles is 1. The lowest BCUT2D eigenvalue weighted by molar-refractivity contribution is 0.579. The van der Waals surface area contributed by atoms with Crippen LogP contribution < -0.4 is 4.72 Å². The van der Waals surface area contributed by atoms with Gasteiger partial charge in [0.25, 0.3) is 0 Å². The summed E-state index contributed by atoms with van der Waals surface area (Å²) in [7, 11) is -3.55. The molecule has 0 aliphatic heterocycles. The highest BCUT2D eigenvalue weighted by molar-refractivity contribution is 7.89. The van der Waals surface area contributed by atoms with Crippen molar-refractivity contribution < 1.29 is 8.42 Å². The van der Waals surface area contributed by atoms with E-state index in [1.807, 2.05) is 6.07 Å². The number of hydrogen-bond donors (Lipinski definition) is 1. The SMILES string of the molecule is N#CCCCNS(=O)(=O)c1ccnc(Cl)c1. The Kier molecular flexibility index (Phi) is 4.68. The van der Waals surface area contributed by atoms with Crippen LogP contribution in [0.1, 0.15) is 12.8 Å². The molecule has 0 saturated carbocycles. The molecule has 0 aliphatic rings. The first-order valence-electron chi connectivity index (χ1n) is 4.54. The van der Waals surface area contributed by atoms with Gasteiger partial charge in [-0.3, -0.25) is 0 Å². The topological polar surface area (TPSA) is 82.9 Å². The van der Waals surface area contributed by atoms with Crippen LogP contribution in [0.2, 0.25) is 5.15 Å². The summed E-state index contributed by atoms with van der Waals surface area (Å²) in [4.78, 5) is 3.77. The van der Waals surface area contributed by atoms with Crippen LogP contribution >= 0.6 is 11.6 Å². The minimum atomic E-state index is -3.55. The molecule has 5 nitrogen and oxygen atoms in total. The molecule has 0 aromatic carbocycles. The van der Waals surface area contributed by atoms with Crippen molar-refractivity contribution in [2.45, 2.75) is 17.7 Å². The highest BCUT2D eigenvalue weighted by Crippen LogP contribution is 2.12. The van der Waals surface area contributed by atoms with Gasteiger partial charge in [0.05, 0.1) is 11.0 Å². The average molecular weight is 260 g/mol. The normalized spacial score (nSPS) is 11.0. The molecule has 1 aromatic rings. The summed E-state index contributed by atoms with van der Waals surface area (Å²) in [6.45, 7) is 0.232. The molecule has 1 aromatic heterocycles. The Morgan fingerprint density at radius 1 is 1.56 bits per heavy atom. The molecule has 16 heavy (non-hydrogen) atoms. The highest BCUT2D eigenvalue weighted by atomic mass is 35.5. The summed E-state index contributed by atoms with van der Waals surface area (Å²) in [6, 6.07) is 4.57. The van der Waals surface area contributed by atoms with E-state index in [1.165, 1.54) is 18.3 Å². The fourth-order valence-electron chi connectivity index (χ4n) is 1.01. The van der Waals surface area contributed by atoms with Crippen molar-refractivity contribution in [2.75, 3.05) is 6.54 Å². The third kappa shape index (κ3) is 3.77. The fourth-order valence-corrected chi connectivity index (χ4v) is 2.33. The van der Waals surface area contributed by atoms with Crippen LogP contribution in [0.15, 0.2) is 23.2 Å². The maximum atomic E-state index is 11.7. The van der Waals surface area contributed by atoms with Crippen molar-refractivity contribution in [3.63, 3.8) is 0 Å². The zero-order valence-corrected chi connectivity index (χ0v) is 9.92. The minimum absolute atomic E-state index is 0.0736. The van der Waals surface area contributed by atoms with Gasteiger partial charge in [-0.25, -0.2) is 18.1 Å². The third-order valence-corrected chi connectivity index (χ3v) is 3.43. The number of rotatable bonds is 5. The number of sulfonamides is 1. The minimum Gasteiger partial charge on any atom is -0.244 e. The van der Waals surface area contributed by atoms with E-state index in [0.29, 0.717) is 12.8 Å². The number of unbranched alkanes of at least 4 members (excludes halogenated alkanes) is 1. The lowest BCUT2D eigenvalue weighted by atomic mass is 10.3. The molecule has 1 N–H and O–H groups in total. The number of pyridine rings is 1. The predicted octanol–water partition coefficient (Wildman–Crippen LogP) is 1.32. The van der Waals surface area contributed by atoms with Gasteiger partial charge >= 0.3 is 0 Å². The van der Waals surface area contributed by atoms with Gasteiger partial charge in [-0.1, -0.05) is 11.6 Å². The molecular formula is C9H10ClN3O2S. The van der Waals surface area contributed by atoms with Gasteiger partial charge in [0.2, 0.25) is 10.0 Å². The molecule has 0 aliphatic carbocycles. The van der Waals surface area contributed by atoms with Crippen molar-refractivity contribution in [1.29, 1.82) is 5.26 Å². The molecule has 0 spiro atoms. The van der Waals surface area contributed by atoms with E-state index in [-0.39, 0.29) is 16.6 Å². The van der Waals surface area contributed by atoms with E-state index in [9.17, 15) is 8.42 Å². The number of nitrogens with zero attached hydrogens (tertiary/aromatic N) is 2. The maximum absolute atomic E-state index is 11.7. The fraction of sp³-hybridized carbons (Fsp3) is 0.333. The van der Waals surface area contributed by atoms with Gasteiger partial charge in [0.1, 0.15) is 5.15 Å². The second-order valence-electron chi connectivity index (χ2n) is 2.97. The monoisotopic (exact) mass is 259 g/mol. The summed E-state index contributed by atoms with van der Waals surface area (Å²) < 4.78 is 25.7. The van der Waals surface area contributed by atoms with Crippen molar-refractivity contribution in [1.82, 2.24) is 9.71 Å². The summed E-state index contributed by atoms with van der Waals surface area (Å²) in [5, 5.41) is 8.42. The summed E-state index contributed by atoms with van der Waals surface area (Å²) in [6.07, 6.45) is 2.13. The van der Waals surface area contributed by atoms with E-state index in [4.69, 9.17) is 16.9 Å². The largest absolute Gasteiger partial charge is 0.244 e. The van der Waals surface area contributed by atoms with Crippen LogP contribution in [0, 0.1) is 11.3 Å². The van der Waals surface area contributed by atoms with Crippen LogP contribution in [0.4, 0.5) is 0 Å². The van der Waals surface area contributed by atoms with E-state index in [1.54, 1.807) is 0 Å². The molecule has 0 saturated heterocycles. The Balaban J connectivity index is 2.68. The zero-order valence-electron chi connectivity index (χ0n) is 8.35. The number of halogens is 1. The van der Waals surface area contributed by atoms with Gasteiger partial charge < -0.3 is 0 Å². The van der Waals surface area contributed by atoms with Crippen LogP contribution in [0.3, 0.4) is 0 Å². The van der Waals surface area contributed by atoms with E-state index in [0.717, 1.165) is 0 Å². The summed E-state index contributed by atoms with van der Waals surface area (Å²) >= 11 is 5.59. The Morgan fingerprint density at radius 2 is 2.31 bits per heavy atom. The molecule has 7 heteroatoms. The first kappa shape index (κ1) is 12.9. The molecule has 0 atom stereocenters. The average Bonchev–Trinajstić information content (AvgIpc) is 2.24. The summed E-state index contributed by atoms with van der Waals surface area (Å²) in [5.74, 6) is 0. The van der Waals surface area contributed by atoms with Crippen molar-refractivity contribution in [3.05, 3.63) is 23.5 Å². The second kappa shape index (κ2) is 5.80. The molecule has 86 valence electrons. The predicted molar refractivity (Wildman–Crippen MR) is 59.3 cm³/mol. The van der Waals surface area contributed by atoms with Gasteiger partial charge in [-0.2, -0.15) is 5.26 Å². The molecule has 0 amide bonds. The Hall–Kier alpha value is -1.16. The standard InChI is InChI=1S/C9H10ClN3O2S/c10-9-7-8(3-6-12-9)16(14,15)13-5-2-1-4-11/h3,6-7,13H,1-2,5H2. The molecular weight excluding hydrogens is 250 g/mol. The smallest absolute Gasteiger partial charge is 0.240 e. The molecule has 0 radical (unpaired) electrons. The quantitative estimate of drug-likeness (QED) is 0.639. The van der Waals surface area contributed by atoms with Gasteiger partial charge in [0, 0.05) is 19.2 Å². The Morgan fingerprint density at radius 3 is 2.94 bits per heavy atom. The van der Waals surface area contributed by atoms with Crippen LogP contribution in [0.5, 0.6) is 0 Å². The van der Waals surface area contributed by atoms with E-state index >= 15 is 0 Å². The Labute approximate surface area is 99.1 Å². The lowest BCUT2D eigenvalue weighted by Gasteiger charge is -2.05. The van der Waals surface area contributed by atoms with Gasteiger partial charge in [0.15, 0.2) is 0 Å². The maximum Gasteiger partial charge on any atom is 0.240 e.